The van der Waals surface area contributed by atoms with Gasteiger partial charge in [-0.15, -0.1) is 0 Å². The van der Waals surface area contributed by atoms with Crippen molar-refractivity contribution >= 4 is 39.1 Å². The minimum Gasteiger partial charge on any atom is -0.320 e. The van der Waals surface area contributed by atoms with E-state index in [9.17, 15) is 4.79 Å². The maximum Gasteiger partial charge on any atom is 0.258 e. The molecule has 1 N–H and O–H groups in total. The van der Waals surface area contributed by atoms with Crippen LogP contribution in [0.4, 0.5) is 5.69 Å². The zero-order chi connectivity index (χ0) is 13.1. The summed E-state index contributed by atoms with van der Waals surface area (Å²) in [4.78, 5) is 20.1. The largest absolute Gasteiger partial charge is 0.320 e. The first-order chi connectivity index (χ1) is 8.58. The number of hydrogen-bond donors (Lipinski definition) is 1. The Morgan fingerprint density at radius 3 is 2.83 bits per heavy atom. The Labute approximate surface area is 118 Å². The number of nitrogens with one attached hydrogen (secondary N) is 1. The molecule has 1 amide bonds. The summed E-state index contributed by atoms with van der Waals surface area (Å²) in [5.41, 5.74) is 1.75. The molecule has 0 fully saturated rings. The Bertz CT molecular complexity index is 604. The molecule has 18 heavy (non-hydrogen) atoms. The van der Waals surface area contributed by atoms with E-state index in [0.717, 1.165) is 0 Å². The lowest BCUT2D eigenvalue weighted by atomic mass is 10.2. The standard InChI is InChI=1S/C12H9BrClN3O/c1-7-9(4-5-10(14)16-7)17-12(18)8-3-2-6-15-11(8)13/h2-6H,1H3,(H,17,18). The molecule has 0 aliphatic carbocycles. The number of nitrogens with zero attached hydrogens (tertiary/aromatic N) is 2. The first-order valence-electron chi connectivity index (χ1n) is 5.13. The number of pyridine rings is 2. The van der Waals surface area contributed by atoms with Crippen molar-refractivity contribution < 1.29 is 4.79 Å². The molecule has 4 nitrogen and oxygen atoms in total. The third-order valence-corrected chi connectivity index (χ3v) is 3.15. The number of halogens is 2. The lowest BCUT2D eigenvalue weighted by Crippen LogP contribution is -2.14. The normalized spacial score (nSPS) is 10.2. The lowest BCUT2D eigenvalue weighted by molar-refractivity contribution is 0.102. The van der Waals surface area contributed by atoms with Crippen LogP contribution in [-0.4, -0.2) is 15.9 Å². The van der Waals surface area contributed by atoms with Gasteiger partial charge >= 0.3 is 0 Å². The van der Waals surface area contributed by atoms with Crippen LogP contribution in [0.2, 0.25) is 5.15 Å². The van der Waals surface area contributed by atoms with Gasteiger partial charge < -0.3 is 5.32 Å². The third-order valence-electron chi connectivity index (χ3n) is 2.30. The summed E-state index contributed by atoms with van der Waals surface area (Å²) in [5, 5.41) is 3.16. The fraction of sp³-hybridized carbons (Fsp3) is 0.0833. The minimum atomic E-state index is -0.248. The quantitative estimate of drug-likeness (QED) is 0.860. The van der Waals surface area contributed by atoms with E-state index in [0.29, 0.717) is 26.7 Å². The highest BCUT2D eigenvalue weighted by Gasteiger charge is 2.12. The molecule has 0 saturated heterocycles. The predicted molar refractivity (Wildman–Crippen MR) is 73.9 cm³/mol. The number of hydrogen-bond acceptors (Lipinski definition) is 3. The van der Waals surface area contributed by atoms with Crippen LogP contribution >= 0.6 is 27.5 Å². The van der Waals surface area contributed by atoms with Crippen LogP contribution in [0.5, 0.6) is 0 Å². The molecular formula is C12H9BrClN3O. The van der Waals surface area contributed by atoms with Crippen molar-refractivity contribution in [1.82, 2.24) is 9.97 Å². The SMILES string of the molecule is Cc1nc(Cl)ccc1NC(=O)c1cccnc1Br. The molecule has 0 bridgehead atoms. The number of anilines is 1. The smallest absolute Gasteiger partial charge is 0.258 e. The van der Waals surface area contributed by atoms with Crippen LogP contribution in [0.1, 0.15) is 16.1 Å². The van der Waals surface area contributed by atoms with Crippen molar-refractivity contribution in [2.24, 2.45) is 0 Å². The molecular weight excluding hydrogens is 318 g/mol. The van der Waals surface area contributed by atoms with Crippen LogP contribution in [0.15, 0.2) is 35.1 Å². The number of amides is 1. The fourth-order valence-corrected chi connectivity index (χ4v) is 2.03. The van der Waals surface area contributed by atoms with E-state index < -0.39 is 0 Å². The van der Waals surface area contributed by atoms with Crippen LogP contribution in [0, 0.1) is 6.92 Å². The maximum absolute atomic E-state index is 12.0. The van der Waals surface area contributed by atoms with Gasteiger partial charge in [-0.25, -0.2) is 9.97 Å². The molecule has 0 aliphatic heterocycles. The molecule has 0 atom stereocenters. The van der Waals surface area contributed by atoms with E-state index >= 15 is 0 Å². The van der Waals surface area contributed by atoms with Crippen LogP contribution in [0.3, 0.4) is 0 Å². The highest BCUT2D eigenvalue weighted by Crippen LogP contribution is 2.18. The van der Waals surface area contributed by atoms with E-state index in [4.69, 9.17) is 11.6 Å². The predicted octanol–water partition coefficient (Wildman–Crippen LogP) is 3.45. The van der Waals surface area contributed by atoms with Crippen molar-refractivity contribution in [2.45, 2.75) is 6.92 Å². The zero-order valence-electron chi connectivity index (χ0n) is 9.45. The van der Waals surface area contributed by atoms with Gasteiger partial charge in [0.25, 0.3) is 5.91 Å². The molecule has 92 valence electrons. The first kappa shape index (κ1) is 13.0. The molecule has 0 saturated carbocycles. The number of carbonyl (C=O) groups is 1. The summed E-state index contributed by atoms with van der Waals surface area (Å²) in [7, 11) is 0. The van der Waals surface area contributed by atoms with Crippen LogP contribution in [0.25, 0.3) is 0 Å². The van der Waals surface area contributed by atoms with Gasteiger partial charge in [0.1, 0.15) is 9.76 Å². The van der Waals surface area contributed by atoms with Crippen molar-refractivity contribution in [3.63, 3.8) is 0 Å². The summed E-state index contributed by atoms with van der Waals surface area (Å²) in [5.74, 6) is -0.248. The molecule has 0 unspecified atom stereocenters. The lowest BCUT2D eigenvalue weighted by Gasteiger charge is -2.08. The van der Waals surface area contributed by atoms with Crippen molar-refractivity contribution in [1.29, 1.82) is 0 Å². The number of rotatable bonds is 2. The van der Waals surface area contributed by atoms with E-state index in [1.165, 1.54) is 0 Å². The number of aromatic nitrogens is 2. The van der Waals surface area contributed by atoms with Gasteiger partial charge in [-0.3, -0.25) is 4.79 Å². The van der Waals surface area contributed by atoms with Crippen LogP contribution in [-0.2, 0) is 0 Å². The minimum absolute atomic E-state index is 0.248. The summed E-state index contributed by atoms with van der Waals surface area (Å²) < 4.78 is 0.502. The highest BCUT2D eigenvalue weighted by atomic mass is 79.9. The molecule has 2 rings (SSSR count). The molecule has 0 aromatic carbocycles. The van der Waals surface area contributed by atoms with Gasteiger partial charge in [-0.05, 0) is 47.1 Å². The van der Waals surface area contributed by atoms with Crippen molar-refractivity contribution in [3.05, 3.63) is 51.5 Å². The van der Waals surface area contributed by atoms with E-state index in [1.54, 1.807) is 37.4 Å². The average Bonchev–Trinajstić information content (AvgIpc) is 2.33. The molecule has 0 spiro atoms. The number of aryl methyl sites for hydroxylation is 1. The Morgan fingerprint density at radius 2 is 2.17 bits per heavy atom. The van der Waals surface area contributed by atoms with E-state index in [-0.39, 0.29) is 5.91 Å². The van der Waals surface area contributed by atoms with E-state index in [2.05, 4.69) is 31.2 Å². The topological polar surface area (TPSA) is 54.9 Å². The fourth-order valence-electron chi connectivity index (χ4n) is 1.41. The highest BCUT2D eigenvalue weighted by molar-refractivity contribution is 9.10. The van der Waals surface area contributed by atoms with Gasteiger partial charge in [0.05, 0.1) is 16.9 Å². The van der Waals surface area contributed by atoms with Crippen molar-refractivity contribution in [2.75, 3.05) is 5.32 Å². The summed E-state index contributed by atoms with van der Waals surface area (Å²) >= 11 is 8.99. The Hall–Kier alpha value is -1.46. The first-order valence-corrected chi connectivity index (χ1v) is 6.30. The monoisotopic (exact) mass is 325 g/mol. The zero-order valence-corrected chi connectivity index (χ0v) is 11.8. The average molecular weight is 327 g/mol. The summed E-state index contributed by atoms with van der Waals surface area (Å²) in [6, 6.07) is 6.73. The summed E-state index contributed by atoms with van der Waals surface area (Å²) in [6.45, 7) is 1.78. The molecule has 0 radical (unpaired) electrons. The second kappa shape index (κ2) is 5.46. The Kier molecular flexibility index (Phi) is 3.93. The van der Waals surface area contributed by atoms with Gasteiger partial charge in [0.2, 0.25) is 0 Å². The molecule has 2 aromatic heterocycles. The van der Waals surface area contributed by atoms with Crippen molar-refractivity contribution in [3.8, 4) is 0 Å². The third kappa shape index (κ3) is 2.86. The summed E-state index contributed by atoms with van der Waals surface area (Å²) in [6.07, 6.45) is 1.61. The van der Waals surface area contributed by atoms with Gasteiger partial charge in [0, 0.05) is 6.20 Å². The number of carbonyl (C=O) groups excluding carboxylic acids is 1. The molecule has 0 aliphatic rings. The Balaban J connectivity index is 2.24. The van der Waals surface area contributed by atoms with E-state index in [1.807, 2.05) is 0 Å². The van der Waals surface area contributed by atoms with Gasteiger partial charge in [-0.1, -0.05) is 11.6 Å². The maximum atomic E-state index is 12.0. The Morgan fingerprint density at radius 1 is 1.39 bits per heavy atom. The van der Waals surface area contributed by atoms with Crippen LogP contribution < -0.4 is 5.32 Å². The second-order valence-electron chi connectivity index (χ2n) is 3.56. The van der Waals surface area contributed by atoms with Gasteiger partial charge in [0.15, 0.2) is 0 Å². The second-order valence-corrected chi connectivity index (χ2v) is 4.70. The molecule has 2 heterocycles. The molecule has 2 aromatic rings. The van der Waals surface area contributed by atoms with Gasteiger partial charge in [-0.2, -0.15) is 0 Å². The molecule has 6 heteroatoms.